The Balaban J connectivity index is 3.06. The van der Waals surface area contributed by atoms with Crippen LogP contribution in [0.3, 0.4) is 0 Å². The van der Waals surface area contributed by atoms with E-state index in [1.54, 1.807) is 0 Å². The SMILES string of the molecule is CC(C)(C)C1=NC(=C=CC(=O)O)C(=O)N1. The summed E-state index contributed by atoms with van der Waals surface area (Å²) in [6.07, 6.45) is 0.768. The molecule has 0 saturated heterocycles. The molecule has 0 aromatic rings. The number of carbonyl (C=O) groups excluding carboxylic acids is 1. The molecule has 15 heavy (non-hydrogen) atoms. The van der Waals surface area contributed by atoms with Crippen LogP contribution in [0.1, 0.15) is 20.8 Å². The van der Waals surface area contributed by atoms with Crippen molar-refractivity contribution in [1.82, 2.24) is 5.32 Å². The largest absolute Gasteiger partial charge is 0.478 e. The zero-order valence-electron chi connectivity index (χ0n) is 8.79. The molecule has 2 N–H and O–H groups in total. The molecule has 0 aromatic carbocycles. The monoisotopic (exact) mass is 208 g/mol. The number of hydrogen-bond donors (Lipinski definition) is 2. The summed E-state index contributed by atoms with van der Waals surface area (Å²) in [6.45, 7) is 5.70. The highest BCUT2D eigenvalue weighted by atomic mass is 16.4. The van der Waals surface area contributed by atoms with Crippen LogP contribution in [0.4, 0.5) is 0 Å². The van der Waals surface area contributed by atoms with Crippen LogP contribution in [-0.2, 0) is 9.59 Å². The maximum absolute atomic E-state index is 11.3. The second kappa shape index (κ2) is 3.71. The molecule has 0 radical (unpaired) electrons. The lowest BCUT2D eigenvalue weighted by Gasteiger charge is -2.16. The van der Waals surface area contributed by atoms with Gasteiger partial charge >= 0.3 is 5.97 Å². The zero-order chi connectivity index (χ0) is 11.6. The van der Waals surface area contributed by atoms with Crippen molar-refractivity contribution in [3.63, 3.8) is 0 Å². The third-order valence-corrected chi connectivity index (χ3v) is 1.71. The van der Waals surface area contributed by atoms with Gasteiger partial charge < -0.3 is 10.4 Å². The summed E-state index contributed by atoms with van der Waals surface area (Å²) in [5, 5.41) is 10.9. The molecule has 80 valence electrons. The first-order valence-corrected chi connectivity index (χ1v) is 4.41. The summed E-state index contributed by atoms with van der Waals surface area (Å²) in [5.41, 5.74) is 2.05. The topological polar surface area (TPSA) is 78.8 Å². The second-order valence-electron chi connectivity index (χ2n) is 4.14. The molecule has 0 atom stereocenters. The third-order valence-electron chi connectivity index (χ3n) is 1.71. The molecule has 1 rings (SSSR count). The van der Waals surface area contributed by atoms with Gasteiger partial charge in [-0.2, -0.15) is 0 Å². The normalized spacial score (nSPS) is 15.5. The van der Waals surface area contributed by atoms with Gasteiger partial charge in [0.25, 0.3) is 5.91 Å². The smallest absolute Gasteiger partial charge is 0.336 e. The minimum absolute atomic E-state index is 0.00215. The predicted octanol–water partition coefficient (Wildman–Crippen LogP) is 0.684. The Hall–Kier alpha value is -1.87. The van der Waals surface area contributed by atoms with Crippen LogP contribution >= 0.6 is 0 Å². The van der Waals surface area contributed by atoms with Gasteiger partial charge in [-0.25, -0.2) is 9.79 Å². The molecule has 0 spiro atoms. The molecule has 0 saturated carbocycles. The van der Waals surface area contributed by atoms with Crippen LogP contribution in [0.25, 0.3) is 0 Å². The lowest BCUT2D eigenvalue weighted by Crippen LogP contribution is -2.34. The first-order valence-electron chi connectivity index (χ1n) is 4.41. The number of nitrogens with zero attached hydrogens (tertiary/aromatic N) is 1. The Morgan fingerprint density at radius 1 is 1.53 bits per heavy atom. The van der Waals surface area contributed by atoms with E-state index in [4.69, 9.17) is 5.11 Å². The highest BCUT2D eigenvalue weighted by Crippen LogP contribution is 2.19. The molecule has 0 bridgehead atoms. The van der Waals surface area contributed by atoms with Crippen LogP contribution in [0.2, 0.25) is 0 Å². The predicted molar refractivity (Wildman–Crippen MR) is 54.3 cm³/mol. The number of carboxylic acids is 1. The number of aliphatic carboxylic acids is 1. The Kier molecular flexibility index (Phi) is 2.77. The van der Waals surface area contributed by atoms with Crippen molar-refractivity contribution in [1.29, 1.82) is 0 Å². The van der Waals surface area contributed by atoms with Crippen LogP contribution < -0.4 is 5.32 Å². The van der Waals surface area contributed by atoms with Gasteiger partial charge in [-0.05, 0) is 0 Å². The molecular weight excluding hydrogens is 196 g/mol. The Morgan fingerprint density at radius 2 is 2.13 bits per heavy atom. The summed E-state index contributed by atoms with van der Waals surface area (Å²) in [4.78, 5) is 25.5. The molecule has 0 aromatic heterocycles. The van der Waals surface area contributed by atoms with E-state index in [0.717, 1.165) is 6.08 Å². The van der Waals surface area contributed by atoms with E-state index in [2.05, 4.69) is 16.0 Å². The van der Waals surface area contributed by atoms with Gasteiger partial charge in [-0.15, -0.1) is 0 Å². The fraction of sp³-hybridized carbons (Fsp3) is 0.400. The number of carbonyl (C=O) groups is 2. The first-order chi connectivity index (χ1) is 6.80. The fourth-order valence-electron chi connectivity index (χ4n) is 0.940. The minimum atomic E-state index is -1.16. The highest BCUT2D eigenvalue weighted by Gasteiger charge is 2.28. The van der Waals surface area contributed by atoms with Gasteiger partial charge in [-0.3, -0.25) is 4.79 Å². The number of amides is 1. The summed E-state index contributed by atoms with van der Waals surface area (Å²) in [5.74, 6) is -1.05. The molecule has 1 amide bonds. The van der Waals surface area contributed by atoms with E-state index in [1.165, 1.54) is 0 Å². The van der Waals surface area contributed by atoms with E-state index >= 15 is 0 Å². The third kappa shape index (κ3) is 2.79. The number of aliphatic imine (C=N–C) groups is 1. The molecule has 5 heteroatoms. The van der Waals surface area contributed by atoms with E-state index in [-0.39, 0.29) is 11.1 Å². The summed E-state index contributed by atoms with van der Waals surface area (Å²) >= 11 is 0. The fourth-order valence-corrected chi connectivity index (χ4v) is 0.940. The summed E-state index contributed by atoms with van der Waals surface area (Å²) in [6, 6.07) is 0. The number of rotatable bonds is 1. The van der Waals surface area contributed by atoms with Gasteiger partial charge in [0.15, 0.2) is 5.70 Å². The summed E-state index contributed by atoms with van der Waals surface area (Å²) in [7, 11) is 0. The zero-order valence-corrected chi connectivity index (χ0v) is 8.79. The van der Waals surface area contributed by atoms with Gasteiger partial charge in [0.2, 0.25) is 0 Å². The van der Waals surface area contributed by atoms with Crippen molar-refractivity contribution < 1.29 is 14.7 Å². The number of carboxylic acid groups (broad SMARTS) is 1. The van der Waals surface area contributed by atoms with Crippen molar-refractivity contribution in [2.24, 2.45) is 10.4 Å². The average molecular weight is 208 g/mol. The Bertz CT molecular complexity index is 407. The van der Waals surface area contributed by atoms with Gasteiger partial charge in [0, 0.05) is 5.41 Å². The van der Waals surface area contributed by atoms with Crippen molar-refractivity contribution in [3.05, 3.63) is 17.5 Å². The van der Waals surface area contributed by atoms with E-state index in [0.29, 0.717) is 5.84 Å². The van der Waals surface area contributed by atoms with Gasteiger partial charge in [-0.1, -0.05) is 26.5 Å². The van der Waals surface area contributed by atoms with Crippen LogP contribution in [0.15, 0.2) is 22.5 Å². The molecule has 5 nitrogen and oxygen atoms in total. The number of amidine groups is 1. The van der Waals surface area contributed by atoms with Crippen molar-refractivity contribution in [2.75, 3.05) is 0 Å². The maximum Gasteiger partial charge on any atom is 0.336 e. The number of nitrogens with one attached hydrogen (secondary N) is 1. The molecule has 1 aliphatic rings. The van der Waals surface area contributed by atoms with Crippen LogP contribution in [-0.4, -0.2) is 22.8 Å². The van der Waals surface area contributed by atoms with Gasteiger partial charge in [0.1, 0.15) is 5.84 Å². The second-order valence-corrected chi connectivity index (χ2v) is 4.14. The average Bonchev–Trinajstić information content (AvgIpc) is 2.42. The van der Waals surface area contributed by atoms with E-state index in [1.807, 2.05) is 20.8 Å². The van der Waals surface area contributed by atoms with E-state index < -0.39 is 11.9 Å². The lowest BCUT2D eigenvalue weighted by atomic mass is 9.95. The minimum Gasteiger partial charge on any atom is -0.478 e. The van der Waals surface area contributed by atoms with E-state index in [9.17, 15) is 9.59 Å². The van der Waals surface area contributed by atoms with Crippen LogP contribution in [0, 0.1) is 5.41 Å². The van der Waals surface area contributed by atoms with Crippen molar-refractivity contribution in [2.45, 2.75) is 20.8 Å². The molecule has 0 aliphatic carbocycles. The van der Waals surface area contributed by atoms with Gasteiger partial charge in [0.05, 0.1) is 6.08 Å². The van der Waals surface area contributed by atoms with Crippen molar-refractivity contribution in [3.8, 4) is 0 Å². The molecule has 1 heterocycles. The Morgan fingerprint density at radius 3 is 2.53 bits per heavy atom. The molecule has 0 fully saturated rings. The molecule has 0 unspecified atom stereocenters. The lowest BCUT2D eigenvalue weighted by molar-refractivity contribution is -0.131. The van der Waals surface area contributed by atoms with Crippen molar-refractivity contribution >= 4 is 17.7 Å². The Labute approximate surface area is 87.2 Å². The quantitative estimate of drug-likeness (QED) is 0.491. The maximum atomic E-state index is 11.3. The standard InChI is InChI=1S/C10H12N2O3/c1-10(2,3)9-11-6(8(15)12-9)4-5-7(13)14/h5H,1-3H3,(H,13,14)(H,11,12,15). The van der Waals surface area contributed by atoms with Crippen LogP contribution in [0.5, 0.6) is 0 Å². The number of hydrogen-bond acceptors (Lipinski definition) is 3. The highest BCUT2D eigenvalue weighted by molar-refractivity contribution is 6.13. The molecule has 1 aliphatic heterocycles. The summed E-state index contributed by atoms with van der Waals surface area (Å²) < 4.78 is 0. The molecular formula is C10H12N2O3. The first kappa shape index (κ1) is 11.2.